The third kappa shape index (κ3) is 4.10. The standard InChI is InChI=1S/C20H17F6N7/c1-8-14(21)15(22)16(23)31-18(8)33-5-4-11-13(17(27)32-19(28)30-11)10(7-33)9-2-3-12(29-6-9)20(24,25)26/h2-3,6,10H,4-5,7H2,1H3,(H4,27,28,30,32). The van der Waals surface area contributed by atoms with Crippen molar-refractivity contribution in [3.05, 3.63) is 64.0 Å². The zero-order chi connectivity index (χ0) is 24.1. The highest BCUT2D eigenvalue weighted by molar-refractivity contribution is 5.56. The van der Waals surface area contributed by atoms with Crippen LogP contribution in [0.1, 0.15) is 34.0 Å². The summed E-state index contributed by atoms with van der Waals surface area (Å²) in [5.74, 6) is -5.65. The van der Waals surface area contributed by atoms with Gasteiger partial charge in [0.15, 0.2) is 5.82 Å². The van der Waals surface area contributed by atoms with Gasteiger partial charge >= 0.3 is 6.18 Å². The van der Waals surface area contributed by atoms with Gasteiger partial charge in [-0.05, 0) is 18.6 Å². The predicted octanol–water partition coefficient (Wildman–Crippen LogP) is 3.37. The molecule has 0 radical (unpaired) electrons. The fourth-order valence-electron chi connectivity index (χ4n) is 3.90. The lowest BCUT2D eigenvalue weighted by Gasteiger charge is -2.28. The lowest BCUT2D eigenvalue weighted by molar-refractivity contribution is -0.141. The number of hydrogen-bond acceptors (Lipinski definition) is 7. The van der Waals surface area contributed by atoms with Crippen molar-refractivity contribution in [3.8, 4) is 0 Å². The highest BCUT2D eigenvalue weighted by Gasteiger charge is 2.34. The summed E-state index contributed by atoms with van der Waals surface area (Å²) in [4.78, 5) is 16.7. The smallest absolute Gasteiger partial charge is 0.383 e. The van der Waals surface area contributed by atoms with Gasteiger partial charge in [0.25, 0.3) is 5.95 Å². The van der Waals surface area contributed by atoms with E-state index in [4.69, 9.17) is 11.5 Å². The molecule has 0 spiro atoms. The van der Waals surface area contributed by atoms with Crippen molar-refractivity contribution in [1.29, 1.82) is 0 Å². The maximum absolute atomic E-state index is 14.2. The van der Waals surface area contributed by atoms with Gasteiger partial charge in [-0.25, -0.2) is 9.37 Å². The topological polar surface area (TPSA) is 107 Å². The number of alkyl halides is 3. The van der Waals surface area contributed by atoms with E-state index in [-0.39, 0.29) is 42.7 Å². The third-order valence-electron chi connectivity index (χ3n) is 5.46. The number of pyridine rings is 2. The number of rotatable bonds is 2. The van der Waals surface area contributed by atoms with Crippen LogP contribution in [-0.4, -0.2) is 33.0 Å². The zero-order valence-corrected chi connectivity index (χ0v) is 17.1. The lowest BCUT2D eigenvalue weighted by Crippen LogP contribution is -2.31. The van der Waals surface area contributed by atoms with Crippen molar-refractivity contribution in [2.45, 2.75) is 25.4 Å². The molecule has 1 unspecified atom stereocenters. The molecule has 4 heterocycles. The molecule has 1 aliphatic heterocycles. The molecule has 3 aromatic heterocycles. The molecule has 3 aromatic rings. The summed E-state index contributed by atoms with van der Waals surface area (Å²) in [6.45, 7) is 1.38. The summed E-state index contributed by atoms with van der Waals surface area (Å²) < 4.78 is 80.7. The number of anilines is 3. The van der Waals surface area contributed by atoms with Gasteiger partial charge in [0.1, 0.15) is 17.3 Å². The van der Waals surface area contributed by atoms with Crippen molar-refractivity contribution in [1.82, 2.24) is 19.9 Å². The first kappa shape index (κ1) is 22.6. The predicted molar refractivity (Wildman–Crippen MR) is 107 cm³/mol. The second kappa shape index (κ2) is 8.05. The first-order valence-corrected chi connectivity index (χ1v) is 9.68. The molecule has 4 N–H and O–H groups in total. The van der Waals surface area contributed by atoms with E-state index >= 15 is 0 Å². The molecule has 1 atom stereocenters. The Kier molecular flexibility index (Phi) is 5.50. The summed E-state index contributed by atoms with van der Waals surface area (Å²) in [7, 11) is 0. The molecule has 33 heavy (non-hydrogen) atoms. The van der Waals surface area contributed by atoms with Gasteiger partial charge in [0.05, 0.1) is 5.69 Å². The number of nitrogen functional groups attached to an aromatic ring is 2. The van der Waals surface area contributed by atoms with Crippen LogP contribution in [0, 0.1) is 24.5 Å². The Labute approximate surface area is 183 Å². The third-order valence-corrected chi connectivity index (χ3v) is 5.46. The van der Waals surface area contributed by atoms with Crippen LogP contribution in [0.15, 0.2) is 18.3 Å². The Morgan fingerprint density at radius 2 is 1.76 bits per heavy atom. The molecule has 0 saturated carbocycles. The maximum Gasteiger partial charge on any atom is 0.433 e. The van der Waals surface area contributed by atoms with E-state index in [0.717, 1.165) is 12.3 Å². The summed E-state index contributed by atoms with van der Waals surface area (Å²) in [6, 6.07) is 2.05. The number of aromatic nitrogens is 4. The Bertz CT molecular complexity index is 1210. The molecule has 4 rings (SSSR count). The number of nitrogens with two attached hydrogens (primary N) is 2. The number of nitrogens with zero attached hydrogens (tertiary/aromatic N) is 5. The molecule has 0 amide bonds. The summed E-state index contributed by atoms with van der Waals surface area (Å²) in [6.07, 6.45) is -3.38. The van der Waals surface area contributed by atoms with Crippen LogP contribution in [0.4, 0.5) is 43.9 Å². The summed E-state index contributed by atoms with van der Waals surface area (Å²) in [5, 5.41) is 0. The SMILES string of the molecule is Cc1c(N2CCc3nc(N)nc(N)c3C(c3ccc(C(F)(F)F)nc3)C2)nc(F)c(F)c1F. The van der Waals surface area contributed by atoms with Gasteiger partial charge in [-0.15, -0.1) is 0 Å². The average molecular weight is 469 g/mol. The molecule has 174 valence electrons. The number of halogens is 6. The Hall–Kier alpha value is -3.64. The minimum absolute atomic E-state index is 0.0180. The Morgan fingerprint density at radius 3 is 2.39 bits per heavy atom. The highest BCUT2D eigenvalue weighted by Crippen LogP contribution is 2.37. The summed E-state index contributed by atoms with van der Waals surface area (Å²) in [5.41, 5.74) is 11.7. The van der Waals surface area contributed by atoms with Crippen molar-refractivity contribution >= 4 is 17.6 Å². The van der Waals surface area contributed by atoms with Gasteiger partial charge in [-0.1, -0.05) is 6.07 Å². The first-order chi connectivity index (χ1) is 15.5. The molecule has 0 saturated heterocycles. The minimum Gasteiger partial charge on any atom is -0.383 e. The monoisotopic (exact) mass is 469 g/mol. The maximum atomic E-state index is 14.2. The van der Waals surface area contributed by atoms with E-state index in [1.54, 1.807) is 0 Å². The van der Waals surface area contributed by atoms with E-state index < -0.39 is 35.4 Å². The van der Waals surface area contributed by atoms with Crippen molar-refractivity contribution in [3.63, 3.8) is 0 Å². The molecule has 1 aliphatic rings. The fourth-order valence-corrected chi connectivity index (χ4v) is 3.90. The first-order valence-electron chi connectivity index (χ1n) is 9.68. The molecule has 0 aromatic carbocycles. The molecular weight excluding hydrogens is 452 g/mol. The normalized spacial score (nSPS) is 16.5. The summed E-state index contributed by atoms with van der Waals surface area (Å²) >= 11 is 0. The largest absolute Gasteiger partial charge is 0.433 e. The van der Waals surface area contributed by atoms with Gasteiger partial charge in [-0.2, -0.15) is 31.9 Å². The average Bonchev–Trinajstić information content (AvgIpc) is 2.94. The Balaban J connectivity index is 1.84. The lowest BCUT2D eigenvalue weighted by atomic mass is 9.91. The van der Waals surface area contributed by atoms with Crippen LogP contribution in [-0.2, 0) is 12.6 Å². The molecule has 0 fully saturated rings. The highest BCUT2D eigenvalue weighted by atomic mass is 19.4. The Morgan fingerprint density at radius 1 is 1.03 bits per heavy atom. The van der Waals surface area contributed by atoms with Crippen LogP contribution in [0.3, 0.4) is 0 Å². The number of hydrogen-bond donors (Lipinski definition) is 2. The second-order valence-electron chi connectivity index (χ2n) is 7.53. The number of fused-ring (bicyclic) bond motifs is 1. The molecule has 7 nitrogen and oxygen atoms in total. The van der Waals surface area contributed by atoms with Gasteiger partial charge in [0.2, 0.25) is 11.8 Å². The van der Waals surface area contributed by atoms with E-state index in [9.17, 15) is 26.3 Å². The second-order valence-corrected chi connectivity index (χ2v) is 7.53. The quantitative estimate of drug-likeness (QED) is 0.438. The van der Waals surface area contributed by atoms with E-state index in [0.29, 0.717) is 16.8 Å². The molecular formula is C20H17F6N7. The van der Waals surface area contributed by atoms with Crippen LogP contribution >= 0.6 is 0 Å². The van der Waals surface area contributed by atoms with Crippen LogP contribution < -0.4 is 16.4 Å². The van der Waals surface area contributed by atoms with Crippen LogP contribution in [0.5, 0.6) is 0 Å². The van der Waals surface area contributed by atoms with Gasteiger partial charge < -0.3 is 16.4 Å². The van der Waals surface area contributed by atoms with Crippen LogP contribution in [0.25, 0.3) is 0 Å². The van der Waals surface area contributed by atoms with Crippen LogP contribution in [0.2, 0.25) is 0 Å². The van der Waals surface area contributed by atoms with Crippen molar-refractivity contribution in [2.24, 2.45) is 0 Å². The van der Waals surface area contributed by atoms with Gasteiger partial charge in [-0.3, -0.25) is 4.98 Å². The van der Waals surface area contributed by atoms with Gasteiger partial charge in [0, 0.05) is 42.8 Å². The molecule has 13 heteroatoms. The van der Waals surface area contributed by atoms with Crippen molar-refractivity contribution in [2.75, 3.05) is 29.5 Å². The van der Waals surface area contributed by atoms with E-state index in [1.165, 1.54) is 17.9 Å². The fraction of sp³-hybridized carbons (Fsp3) is 0.300. The van der Waals surface area contributed by atoms with Crippen molar-refractivity contribution < 1.29 is 26.3 Å². The van der Waals surface area contributed by atoms with E-state index in [2.05, 4.69) is 19.9 Å². The van der Waals surface area contributed by atoms with E-state index in [1.807, 2.05) is 0 Å². The minimum atomic E-state index is -4.63. The molecule has 0 aliphatic carbocycles. The molecule has 0 bridgehead atoms. The zero-order valence-electron chi connectivity index (χ0n) is 17.1.